The van der Waals surface area contributed by atoms with E-state index < -0.39 is 11.7 Å². The van der Waals surface area contributed by atoms with Crippen molar-refractivity contribution in [1.29, 1.82) is 0 Å². The van der Waals surface area contributed by atoms with E-state index in [4.69, 9.17) is 0 Å². The van der Waals surface area contributed by atoms with E-state index in [1.54, 1.807) is 17.7 Å². The minimum Gasteiger partial charge on any atom is -0.353 e. The Morgan fingerprint density at radius 3 is 2.38 bits per heavy atom. The van der Waals surface area contributed by atoms with E-state index in [9.17, 15) is 13.2 Å². The molecule has 0 aliphatic carbocycles. The lowest BCUT2D eigenvalue weighted by Crippen LogP contribution is -2.47. The van der Waals surface area contributed by atoms with Gasteiger partial charge in [0.1, 0.15) is 22.8 Å². The molecule has 9 heteroatoms. The van der Waals surface area contributed by atoms with Crippen molar-refractivity contribution in [2.75, 3.05) is 36.0 Å². The molecule has 0 amide bonds. The molecule has 0 atom stereocenters. The first-order chi connectivity index (χ1) is 12.4. The summed E-state index contributed by atoms with van der Waals surface area (Å²) < 4.78 is 38.0. The van der Waals surface area contributed by atoms with E-state index >= 15 is 0 Å². The van der Waals surface area contributed by atoms with Crippen molar-refractivity contribution in [3.63, 3.8) is 0 Å². The van der Waals surface area contributed by atoms with Gasteiger partial charge in [0.2, 0.25) is 0 Å². The third kappa shape index (κ3) is 3.07. The number of alkyl halides is 3. The van der Waals surface area contributed by atoms with Crippen LogP contribution in [-0.2, 0) is 6.18 Å². The van der Waals surface area contributed by atoms with Crippen LogP contribution in [0.5, 0.6) is 0 Å². The van der Waals surface area contributed by atoms with Crippen LogP contribution < -0.4 is 9.80 Å². The molecule has 0 N–H and O–H groups in total. The second-order valence-electron chi connectivity index (χ2n) is 6.17. The molecule has 1 fully saturated rings. The van der Waals surface area contributed by atoms with Gasteiger partial charge in [-0.25, -0.2) is 15.0 Å². The minimum absolute atomic E-state index is 0.567. The van der Waals surface area contributed by atoms with Gasteiger partial charge in [0, 0.05) is 32.4 Å². The maximum absolute atomic E-state index is 12.7. The molecule has 4 heterocycles. The number of anilines is 2. The van der Waals surface area contributed by atoms with Crippen LogP contribution in [0.4, 0.5) is 24.8 Å². The molecule has 26 heavy (non-hydrogen) atoms. The number of aryl methyl sites for hydroxylation is 1. The van der Waals surface area contributed by atoms with Gasteiger partial charge < -0.3 is 9.80 Å². The second-order valence-corrected chi connectivity index (χ2v) is 7.03. The number of halogens is 3. The molecule has 0 spiro atoms. The standard InChI is InChI=1S/C17H16F3N5S/c1-11-9-26-16-14(11)15(22-10-23-16)25-6-4-24(5-7-25)13-3-2-12(8-21-13)17(18,19)20/h2-3,8-10H,4-7H2,1H3. The zero-order chi connectivity index (χ0) is 18.3. The third-order valence-electron chi connectivity index (χ3n) is 4.51. The van der Waals surface area contributed by atoms with E-state index in [1.165, 1.54) is 6.07 Å². The lowest BCUT2D eigenvalue weighted by Gasteiger charge is -2.36. The Morgan fingerprint density at radius 1 is 1.00 bits per heavy atom. The van der Waals surface area contributed by atoms with Gasteiger partial charge in [-0.2, -0.15) is 13.2 Å². The summed E-state index contributed by atoms with van der Waals surface area (Å²) in [6, 6.07) is 2.52. The summed E-state index contributed by atoms with van der Waals surface area (Å²) in [7, 11) is 0. The summed E-state index contributed by atoms with van der Waals surface area (Å²) in [5, 5.41) is 3.16. The highest BCUT2D eigenvalue weighted by Crippen LogP contribution is 2.32. The second kappa shape index (κ2) is 6.39. The number of hydrogen-bond acceptors (Lipinski definition) is 6. The number of rotatable bonds is 2. The predicted octanol–water partition coefficient (Wildman–Crippen LogP) is 3.74. The first kappa shape index (κ1) is 17.0. The molecule has 0 bridgehead atoms. The van der Waals surface area contributed by atoms with Crippen LogP contribution in [-0.4, -0.2) is 41.1 Å². The predicted molar refractivity (Wildman–Crippen MR) is 95.8 cm³/mol. The highest BCUT2D eigenvalue weighted by molar-refractivity contribution is 7.17. The largest absolute Gasteiger partial charge is 0.417 e. The van der Waals surface area contributed by atoms with Crippen LogP contribution in [0, 0.1) is 6.92 Å². The van der Waals surface area contributed by atoms with Crippen molar-refractivity contribution in [1.82, 2.24) is 15.0 Å². The maximum Gasteiger partial charge on any atom is 0.417 e. The Bertz CT molecular complexity index is 914. The molecule has 1 aliphatic rings. The lowest BCUT2D eigenvalue weighted by molar-refractivity contribution is -0.137. The molecule has 136 valence electrons. The molecule has 0 radical (unpaired) electrons. The number of piperazine rings is 1. The normalized spacial score (nSPS) is 15.7. The molecule has 3 aromatic rings. The lowest BCUT2D eigenvalue weighted by atomic mass is 10.2. The van der Waals surface area contributed by atoms with Crippen molar-refractivity contribution in [3.8, 4) is 0 Å². The monoisotopic (exact) mass is 379 g/mol. The summed E-state index contributed by atoms with van der Waals surface area (Å²) >= 11 is 1.60. The molecular weight excluding hydrogens is 363 g/mol. The average Bonchev–Trinajstić information content (AvgIpc) is 3.03. The Hall–Kier alpha value is -2.42. The van der Waals surface area contributed by atoms with Gasteiger partial charge in [0.15, 0.2) is 0 Å². The van der Waals surface area contributed by atoms with Gasteiger partial charge in [-0.3, -0.25) is 0 Å². The fraction of sp³-hybridized carbons (Fsp3) is 0.353. The SMILES string of the molecule is Cc1csc2ncnc(N3CCN(c4ccc(C(F)(F)F)cn4)CC3)c12. The topological polar surface area (TPSA) is 45.2 Å². The number of nitrogens with zero attached hydrogens (tertiary/aromatic N) is 5. The smallest absolute Gasteiger partial charge is 0.353 e. The molecule has 5 nitrogen and oxygen atoms in total. The zero-order valence-electron chi connectivity index (χ0n) is 14.0. The summed E-state index contributed by atoms with van der Waals surface area (Å²) in [5.41, 5.74) is 0.434. The molecule has 1 saturated heterocycles. The average molecular weight is 379 g/mol. The van der Waals surface area contributed by atoms with E-state index in [1.807, 2.05) is 11.8 Å². The first-order valence-electron chi connectivity index (χ1n) is 8.15. The van der Waals surface area contributed by atoms with Crippen molar-refractivity contribution in [2.24, 2.45) is 0 Å². The maximum atomic E-state index is 12.7. The van der Waals surface area contributed by atoms with E-state index in [0.717, 1.165) is 47.0 Å². The Balaban J connectivity index is 1.49. The van der Waals surface area contributed by atoms with E-state index in [2.05, 4.69) is 25.2 Å². The fourth-order valence-corrected chi connectivity index (χ4v) is 4.01. The van der Waals surface area contributed by atoms with E-state index in [0.29, 0.717) is 18.9 Å². The highest BCUT2D eigenvalue weighted by atomic mass is 32.1. The summed E-state index contributed by atoms with van der Waals surface area (Å²) in [4.78, 5) is 17.9. The quantitative estimate of drug-likeness (QED) is 0.679. The summed E-state index contributed by atoms with van der Waals surface area (Å²) in [6.45, 7) is 4.85. The van der Waals surface area contributed by atoms with Crippen LogP contribution >= 0.6 is 11.3 Å². The number of hydrogen-bond donors (Lipinski definition) is 0. The molecule has 1 aliphatic heterocycles. The molecule has 0 saturated carbocycles. The Morgan fingerprint density at radius 2 is 1.73 bits per heavy atom. The first-order valence-corrected chi connectivity index (χ1v) is 9.03. The van der Waals surface area contributed by atoms with Crippen LogP contribution in [0.15, 0.2) is 30.0 Å². The Labute approximate surface area is 152 Å². The molecule has 0 unspecified atom stereocenters. The number of fused-ring (bicyclic) bond motifs is 1. The molecule has 0 aromatic carbocycles. The molecule has 3 aromatic heterocycles. The van der Waals surface area contributed by atoms with Crippen LogP contribution in [0.1, 0.15) is 11.1 Å². The molecule has 4 rings (SSSR count). The van der Waals surface area contributed by atoms with Crippen molar-refractivity contribution in [3.05, 3.63) is 41.2 Å². The third-order valence-corrected chi connectivity index (χ3v) is 5.52. The minimum atomic E-state index is -4.36. The summed E-state index contributed by atoms with van der Waals surface area (Å²) in [5.74, 6) is 1.49. The fourth-order valence-electron chi connectivity index (χ4n) is 3.13. The van der Waals surface area contributed by atoms with Crippen molar-refractivity contribution >= 4 is 33.2 Å². The van der Waals surface area contributed by atoms with Crippen LogP contribution in [0.3, 0.4) is 0 Å². The van der Waals surface area contributed by atoms with Gasteiger partial charge in [-0.15, -0.1) is 11.3 Å². The molecular formula is C17H16F3N5S. The van der Waals surface area contributed by atoms with Crippen LogP contribution in [0.2, 0.25) is 0 Å². The van der Waals surface area contributed by atoms with Crippen LogP contribution in [0.25, 0.3) is 10.2 Å². The van der Waals surface area contributed by atoms with Crippen molar-refractivity contribution < 1.29 is 13.2 Å². The van der Waals surface area contributed by atoms with Gasteiger partial charge in [-0.1, -0.05) is 0 Å². The van der Waals surface area contributed by atoms with Gasteiger partial charge in [-0.05, 0) is 30.0 Å². The number of thiophene rings is 1. The highest BCUT2D eigenvalue weighted by Gasteiger charge is 2.31. The van der Waals surface area contributed by atoms with E-state index in [-0.39, 0.29) is 0 Å². The number of aromatic nitrogens is 3. The summed E-state index contributed by atoms with van der Waals surface area (Å²) in [6.07, 6.45) is -1.89. The van der Waals surface area contributed by atoms with Gasteiger partial charge in [0.25, 0.3) is 0 Å². The number of pyridine rings is 1. The zero-order valence-corrected chi connectivity index (χ0v) is 14.8. The van der Waals surface area contributed by atoms with Crippen molar-refractivity contribution in [2.45, 2.75) is 13.1 Å². The Kier molecular flexibility index (Phi) is 4.18. The van der Waals surface area contributed by atoms with Gasteiger partial charge >= 0.3 is 6.18 Å². The van der Waals surface area contributed by atoms with Gasteiger partial charge in [0.05, 0.1) is 10.9 Å².